The molecule has 2 N–H and O–H groups in total. The van der Waals surface area contributed by atoms with Gasteiger partial charge in [-0.05, 0) is 131 Å². The van der Waals surface area contributed by atoms with Crippen LogP contribution in [-0.2, 0) is 14.1 Å². The number of fused-ring (bicyclic) bond motifs is 18. The van der Waals surface area contributed by atoms with Crippen molar-refractivity contribution in [3.8, 4) is 66.8 Å². The van der Waals surface area contributed by atoms with Crippen molar-refractivity contribution < 1.29 is 0 Å². The molecular formula is C76H54N8. The minimum absolute atomic E-state index is 0.832. The van der Waals surface area contributed by atoms with Gasteiger partial charge >= 0.3 is 0 Å². The number of benzene rings is 6. The summed E-state index contributed by atoms with van der Waals surface area (Å²) >= 11 is 0. The van der Waals surface area contributed by atoms with E-state index in [2.05, 4.69) is 312 Å². The third-order valence-corrected chi connectivity index (χ3v) is 16.2. The zero-order valence-electron chi connectivity index (χ0n) is 46.2. The van der Waals surface area contributed by atoms with Crippen molar-refractivity contribution in [2.45, 2.75) is 0 Å². The van der Waals surface area contributed by atoms with Gasteiger partial charge in [0, 0.05) is 58.5 Å². The van der Waals surface area contributed by atoms with Crippen LogP contribution in [0.3, 0.4) is 0 Å². The van der Waals surface area contributed by atoms with Crippen LogP contribution < -0.4 is 0 Å². The number of hydrogen-bond donors (Lipinski definition) is 2. The number of rotatable bonds is 6. The summed E-state index contributed by atoms with van der Waals surface area (Å²) in [5.41, 5.74) is 27.0. The molecule has 0 unspecified atom stereocenters. The molecule has 4 aliphatic rings. The van der Waals surface area contributed by atoms with Gasteiger partial charge < -0.3 is 19.1 Å². The van der Waals surface area contributed by atoms with Crippen molar-refractivity contribution in [2.24, 2.45) is 14.1 Å². The Balaban J connectivity index is 1.08. The summed E-state index contributed by atoms with van der Waals surface area (Å²) in [4.78, 5) is 29.9. The van der Waals surface area contributed by atoms with Gasteiger partial charge in [-0.15, -0.1) is 0 Å². The van der Waals surface area contributed by atoms with Crippen molar-refractivity contribution in [2.75, 3.05) is 0 Å². The molecule has 11 aromatic rings. The second-order valence-corrected chi connectivity index (χ2v) is 21.2. The molecule has 398 valence electrons. The monoisotopic (exact) mass is 1080 g/mol. The maximum absolute atomic E-state index is 5.57. The van der Waals surface area contributed by atoms with Crippen LogP contribution >= 0.6 is 0 Å². The van der Waals surface area contributed by atoms with Crippen LogP contribution in [0.15, 0.2) is 231 Å². The number of aromatic nitrogens is 8. The summed E-state index contributed by atoms with van der Waals surface area (Å²) in [7, 11) is 4.31. The first-order valence-corrected chi connectivity index (χ1v) is 28.3. The quantitative estimate of drug-likeness (QED) is 0.173. The molecule has 0 atom stereocenters. The average Bonchev–Trinajstić information content (AvgIpc) is 2.93. The van der Waals surface area contributed by atoms with Gasteiger partial charge in [0.1, 0.15) is 0 Å². The van der Waals surface area contributed by atoms with Crippen LogP contribution in [0.2, 0.25) is 0 Å². The molecule has 4 aliphatic heterocycles. The first kappa shape index (κ1) is 49.8. The van der Waals surface area contributed by atoms with Crippen LogP contribution in [0.4, 0.5) is 0 Å². The van der Waals surface area contributed by atoms with E-state index in [9.17, 15) is 0 Å². The molecule has 9 heterocycles. The van der Waals surface area contributed by atoms with Crippen LogP contribution in [0.5, 0.6) is 0 Å². The van der Waals surface area contributed by atoms with E-state index in [1.54, 1.807) is 0 Å². The predicted octanol–water partition coefficient (Wildman–Crippen LogP) is 18.8. The Morgan fingerprint density at radius 2 is 0.429 bits per heavy atom. The van der Waals surface area contributed by atoms with E-state index >= 15 is 0 Å². The van der Waals surface area contributed by atoms with Gasteiger partial charge in [0.2, 0.25) is 0 Å². The third-order valence-electron chi connectivity index (χ3n) is 16.2. The molecule has 0 saturated heterocycles. The molecule has 0 aliphatic carbocycles. The maximum atomic E-state index is 5.57. The Morgan fingerprint density at radius 3 is 0.714 bits per heavy atom. The SMILES string of the molecule is Cn1c2ccc1c1ccc(c(-c3ccccc3)c3nc(c(-c4ccccc4)c4nc(c(-c5ccccc5)c5ccc([nH]5)c5ccc([nH]5)c(-c5ccccc5)c5nc(c(-c6ccccc6)c6nc(c2-c2ccccc2)C=C6)C=C5)C=C4)C=C3)n1C. The van der Waals surface area contributed by atoms with E-state index in [4.69, 9.17) is 19.9 Å². The fourth-order valence-corrected chi connectivity index (χ4v) is 12.2. The van der Waals surface area contributed by atoms with E-state index in [-0.39, 0.29) is 0 Å². The zero-order valence-corrected chi connectivity index (χ0v) is 46.2. The third kappa shape index (κ3) is 8.90. The number of aromatic amines is 2. The highest BCUT2D eigenvalue weighted by molar-refractivity contribution is 6.01. The molecule has 16 bridgehead atoms. The van der Waals surface area contributed by atoms with Gasteiger partial charge in [0.25, 0.3) is 0 Å². The largest absolute Gasteiger partial charge is 0.353 e. The van der Waals surface area contributed by atoms with Crippen molar-refractivity contribution in [1.82, 2.24) is 39.0 Å². The lowest BCUT2D eigenvalue weighted by molar-refractivity contribution is 0.982. The first-order chi connectivity index (χ1) is 41.5. The van der Waals surface area contributed by atoms with E-state index in [1.165, 1.54) is 0 Å². The summed E-state index contributed by atoms with van der Waals surface area (Å²) in [5.74, 6) is 0. The first-order valence-electron chi connectivity index (χ1n) is 28.3. The summed E-state index contributed by atoms with van der Waals surface area (Å²) in [5, 5.41) is 0. The highest BCUT2D eigenvalue weighted by Gasteiger charge is 2.22. The van der Waals surface area contributed by atoms with Gasteiger partial charge in [-0.25, -0.2) is 19.9 Å². The van der Waals surface area contributed by atoms with Crippen LogP contribution in [-0.4, -0.2) is 39.0 Å². The molecule has 8 nitrogen and oxygen atoms in total. The Hall–Kier alpha value is -11.2. The zero-order chi connectivity index (χ0) is 56.1. The maximum Gasteiger partial charge on any atom is 0.0738 e. The molecule has 15 rings (SSSR count). The fourth-order valence-electron chi connectivity index (χ4n) is 12.2. The van der Waals surface area contributed by atoms with Gasteiger partial charge in [-0.1, -0.05) is 182 Å². The molecule has 6 aromatic carbocycles. The molecule has 0 saturated carbocycles. The molecule has 84 heavy (non-hydrogen) atoms. The second-order valence-electron chi connectivity index (χ2n) is 21.2. The van der Waals surface area contributed by atoms with E-state index in [1.807, 2.05) is 0 Å². The minimum atomic E-state index is 0.832. The Labute approximate surface area is 486 Å². The topological polar surface area (TPSA) is 93.0 Å². The Kier molecular flexibility index (Phi) is 12.5. The molecule has 0 amide bonds. The Morgan fingerprint density at radius 1 is 0.214 bits per heavy atom. The van der Waals surface area contributed by atoms with Crippen molar-refractivity contribution in [3.05, 3.63) is 276 Å². The van der Waals surface area contributed by atoms with Crippen molar-refractivity contribution in [3.63, 3.8) is 0 Å². The lowest BCUT2D eigenvalue weighted by atomic mass is 10.0. The molecular weight excluding hydrogens is 1020 g/mol. The fraction of sp³-hybridized carbons (Fsp3) is 0.0263. The van der Waals surface area contributed by atoms with Crippen molar-refractivity contribution >= 4 is 92.7 Å². The Bertz CT molecular complexity index is 4670. The molecule has 0 fully saturated rings. The van der Waals surface area contributed by atoms with Crippen LogP contribution in [0, 0.1) is 0 Å². The summed E-state index contributed by atoms with van der Waals surface area (Å²) in [6.45, 7) is 0. The number of nitrogens with zero attached hydrogens (tertiary/aromatic N) is 6. The lowest BCUT2D eigenvalue weighted by Crippen LogP contribution is -1.95. The number of aryl methyl sites for hydroxylation is 2. The van der Waals surface area contributed by atoms with Gasteiger partial charge in [0.15, 0.2) is 0 Å². The van der Waals surface area contributed by atoms with E-state index < -0.39 is 0 Å². The second kappa shape index (κ2) is 21.0. The smallest absolute Gasteiger partial charge is 0.0738 e. The normalized spacial score (nSPS) is 12.2. The average molecular weight is 1080 g/mol. The predicted molar refractivity (Wildman–Crippen MR) is 351 cm³/mol. The highest BCUT2D eigenvalue weighted by Crippen LogP contribution is 2.40. The lowest BCUT2D eigenvalue weighted by Gasteiger charge is -2.09. The molecule has 8 heteroatoms. The highest BCUT2D eigenvalue weighted by atomic mass is 15.0. The molecule has 0 spiro atoms. The van der Waals surface area contributed by atoms with E-state index in [0.29, 0.717) is 0 Å². The standard InChI is InChI=1S/C76H54N8/c1-83-67-45-47-69(83)75(53-29-17-7-18-30-53)65-43-41-63(81-65)73(51-25-13-5-14-26-51)61-39-37-59(79-61)71(49-21-9-3-10-22-49)57-35-33-55(77-57)56-34-36-58(78-56)72(50-23-11-4-12-24-50)60-38-40-62(80-60)74(52-27-15-6-16-28-52)64-42-44-66(82-64)76(54-31-19-8-20-32-54)70-48-46-68(67)84(70)2/h3-48,77-78H,1-2H3. The number of nitrogens with one attached hydrogen (secondary N) is 2. The number of H-pyrrole nitrogens is 2. The molecule has 0 radical (unpaired) electrons. The molecule has 5 aromatic heterocycles. The van der Waals surface area contributed by atoms with Gasteiger partial charge in [0.05, 0.1) is 78.7 Å². The summed E-state index contributed by atoms with van der Waals surface area (Å²) < 4.78 is 4.60. The minimum Gasteiger partial charge on any atom is -0.353 e. The van der Waals surface area contributed by atoms with Gasteiger partial charge in [-0.3, -0.25) is 0 Å². The van der Waals surface area contributed by atoms with Crippen molar-refractivity contribution in [1.29, 1.82) is 0 Å². The van der Waals surface area contributed by atoms with Crippen LogP contribution in [0.25, 0.3) is 160 Å². The van der Waals surface area contributed by atoms with E-state index in [0.717, 1.165) is 156 Å². The summed E-state index contributed by atoms with van der Waals surface area (Å²) in [6, 6.07) is 80.8. The summed E-state index contributed by atoms with van der Waals surface area (Å²) in [6.07, 6.45) is 17.1. The number of hydrogen-bond acceptors (Lipinski definition) is 4. The van der Waals surface area contributed by atoms with Gasteiger partial charge in [-0.2, -0.15) is 0 Å². The van der Waals surface area contributed by atoms with Crippen LogP contribution in [0.1, 0.15) is 45.6 Å².